The fraction of sp³-hybridized carbons (Fsp3) is 0.478. The van der Waals surface area contributed by atoms with Crippen molar-refractivity contribution in [2.45, 2.75) is 46.1 Å². The minimum atomic E-state index is -0.415. The van der Waals surface area contributed by atoms with Gasteiger partial charge in [-0.1, -0.05) is 12.2 Å². The summed E-state index contributed by atoms with van der Waals surface area (Å²) < 4.78 is 10.7. The lowest BCUT2D eigenvalue weighted by atomic mass is 9.82. The first kappa shape index (κ1) is 21.0. The Balaban J connectivity index is 1.64. The van der Waals surface area contributed by atoms with E-state index in [4.69, 9.17) is 9.47 Å². The minimum Gasteiger partial charge on any atom is -0.497 e. The quantitative estimate of drug-likeness (QED) is 0.551. The lowest BCUT2D eigenvalue weighted by molar-refractivity contribution is -0.156. The molecule has 0 fully saturated rings. The maximum atomic E-state index is 12.8. The number of aryl methyl sites for hydroxylation is 1. The molecular weight excluding hydrogens is 368 g/mol. The van der Waals surface area contributed by atoms with E-state index in [9.17, 15) is 9.59 Å². The molecule has 1 amide bonds. The molecule has 1 aromatic carbocycles. The summed E-state index contributed by atoms with van der Waals surface area (Å²) in [4.78, 5) is 28.6. The molecule has 0 bridgehead atoms. The van der Waals surface area contributed by atoms with Gasteiger partial charge in [0, 0.05) is 23.1 Å². The lowest BCUT2D eigenvalue weighted by Gasteiger charge is -2.26. The van der Waals surface area contributed by atoms with Crippen LogP contribution in [0.5, 0.6) is 5.75 Å². The van der Waals surface area contributed by atoms with E-state index in [2.05, 4.69) is 10.3 Å². The fourth-order valence-corrected chi connectivity index (χ4v) is 3.94. The molecule has 2 aromatic rings. The minimum absolute atomic E-state index is 0.0878. The average Bonchev–Trinajstić information content (AvgIpc) is 3.01. The highest BCUT2D eigenvalue weighted by Crippen LogP contribution is 2.28. The van der Waals surface area contributed by atoms with Gasteiger partial charge in [-0.25, -0.2) is 0 Å². The average molecular weight is 399 g/mol. The topological polar surface area (TPSA) is 80.4 Å². The molecule has 156 valence electrons. The van der Waals surface area contributed by atoms with Gasteiger partial charge in [0.25, 0.3) is 0 Å². The molecule has 2 atom stereocenters. The second kappa shape index (κ2) is 9.16. The van der Waals surface area contributed by atoms with Crippen LogP contribution in [0.25, 0.3) is 10.9 Å². The fourth-order valence-electron chi connectivity index (χ4n) is 3.94. The van der Waals surface area contributed by atoms with Gasteiger partial charge in [0.1, 0.15) is 5.75 Å². The second-order valence-electron chi connectivity index (χ2n) is 7.82. The number of fused-ring (bicyclic) bond motifs is 1. The van der Waals surface area contributed by atoms with Crippen molar-refractivity contribution >= 4 is 22.8 Å². The summed E-state index contributed by atoms with van der Waals surface area (Å²) in [5, 5.41) is 4.13. The van der Waals surface area contributed by atoms with Gasteiger partial charge >= 0.3 is 5.97 Å². The molecule has 6 nitrogen and oxygen atoms in total. The molecule has 1 aromatic heterocycles. The molecular formula is C23H30N2O4. The number of aromatic nitrogens is 1. The largest absolute Gasteiger partial charge is 0.497 e. The first-order valence-electron chi connectivity index (χ1n) is 10.2. The molecule has 0 saturated carbocycles. The monoisotopic (exact) mass is 398 g/mol. The van der Waals surface area contributed by atoms with Gasteiger partial charge in [0.05, 0.1) is 25.0 Å². The Hall–Kier alpha value is -2.76. The first-order valence-corrected chi connectivity index (χ1v) is 10.2. The Bertz CT molecular complexity index is 913. The zero-order chi connectivity index (χ0) is 21.0. The lowest BCUT2D eigenvalue weighted by Crippen LogP contribution is -2.40. The molecule has 2 N–H and O–H groups in total. The number of carbonyl (C=O) groups is 2. The van der Waals surface area contributed by atoms with Crippen LogP contribution in [0.15, 0.2) is 30.4 Å². The third-order valence-corrected chi connectivity index (χ3v) is 5.42. The van der Waals surface area contributed by atoms with E-state index >= 15 is 0 Å². The molecule has 1 aliphatic rings. The predicted octanol–water partition coefficient (Wildman–Crippen LogP) is 3.68. The Labute approximate surface area is 171 Å². The third kappa shape index (κ3) is 4.81. The SMILES string of the molecule is COc1ccc2[nH]c(C)c(CCNC(=O)[C@H]3CC=CC[C@H]3C(=O)OC(C)C)c2c1. The summed E-state index contributed by atoms with van der Waals surface area (Å²) in [6.45, 7) is 6.19. The van der Waals surface area contributed by atoms with Gasteiger partial charge in [0.15, 0.2) is 0 Å². The van der Waals surface area contributed by atoms with Gasteiger partial charge in [-0.05, 0) is 63.8 Å². The maximum Gasteiger partial charge on any atom is 0.310 e. The molecule has 0 radical (unpaired) electrons. The van der Waals surface area contributed by atoms with Crippen LogP contribution in [0.3, 0.4) is 0 Å². The highest BCUT2D eigenvalue weighted by molar-refractivity contribution is 5.87. The molecule has 1 aliphatic carbocycles. The number of allylic oxidation sites excluding steroid dienone is 2. The zero-order valence-electron chi connectivity index (χ0n) is 17.6. The van der Waals surface area contributed by atoms with E-state index in [0.717, 1.165) is 22.3 Å². The summed E-state index contributed by atoms with van der Waals surface area (Å²) in [5.41, 5.74) is 3.30. The van der Waals surface area contributed by atoms with Crippen molar-refractivity contribution in [3.05, 3.63) is 41.6 Å². The number of aromatic amines is 1. The maximum absolute atomic E-state index is 12.8. The van der Waals surface area contributed by atoms with E-state index in [1.807, 2.05) is 51.1 Å². The number of benzene rings is 1. The Morgan fingerprint density at radius 2 is 1.93 bits per heavy atom. The van der Waals surface area contributed by atoms with E-state index in [1.165, 1.54) is 5.56 Å². The van der Waals surface area contributed by atoms with Gasteiger partial charge in [-0.15, -0.1) is 0 Å². The molecule has 29 heavy (non-hydrogen) atoms. The van der Waals surface area contributed by atoms with Crippen LogP contribution < -0.4 is 10.1 Å². The molecule has 0 unspecified atom stereocenters. The van der Waals surface area contributed by atoms with E-state index in [-0.39, 0.29) is 23.9 Å². The number of esters is 1. The number of hydrogen-bond donors (Lipinski definition) is 2. The van der Waals surface area contributed by atoms with Gasteiger partial charge < -0.3 is 19.8 Å². The van der Waals surface area contributed by atoms with E-state index < -0.39 is 5.92 Å². The van der Waals surface area contributed by atoms with Crippen LogP contribution in [0.2, 0.25) is 0 Å². The van der Waals surface area contributed by atoms with Gasteiger partial charge in [-0.3, -0.25) is 9.59 Å². The number of rotatable bonds is 7. The van der Waals surface area contributed by atoms with Crippen molar-refractivity contribution < 1.29 is 19.1 Å². The summed E-state index contributed by atoms with van der Waals surface area (Å²) in [5.74, 6) is -0.363. The second-order valence-corrected chi connectivity index (χ2v) is 7.82. The highest BCUT2D eigenvalue weighted by Gasteiger charge is 2.35. The van der Waals surface area contributed by atoms with Crippen molar-refractivity contribution in [1.29, 1.82) is 0 Å². The number of H-pyrrole nitrogens is 1. The van der Waals surface area contributed by atoms with E-state index in [1.54, 1.807) is 7.11 Å². The Kier molecular flexibility index (Phi) is 6.62. The van der Waals surface area contributed by atoms with Crippen LogP contribution in [0, 0.1) is 18.8 Å². The van der Waals surface area contributed by atoms with E-state index in [0.29, 0.717) is 25.8 Å². The van der Waals surface area contributed by atoms with Crippen LogP contribution in [0.4, 0.5) is 0 Å². The first-order chi connectivity index (χ1) is 13.9. The summed E-state index contributed by atoms with van der Waals surface area (Å²) in [7, 11) is 1.65. The highest BCUT2D eigenvalue weighted by atomic mass is 16.5. The number of methoxy groups -OCH3 is 1. The Morgan fingerprint density at radius 1 is 1.21 bits per heavy atom. The standard InChI is InChI=1S/C23H30N2O4/c1-14(2)29-23(27)19-8-6-5-7-18(19)22(26)24-12-11-17-15(3)25-21-10-9-16(28-4)13-20(17)21/h5-6,9-10,13-14,18-19,25H,7-8,11-12H2,1-4H3,(H,24,26)/t18-,19+/m0/s1. The zero-order valence-corrected chi connectivity index (χ0v) is 17.6. The van der Waals surface area contributed by atoms with Crippen LogP contribution >= 0.6 is 0 Å². The smallest absolute Gasteiger partial charge is 0.310 e. The van der Waals surface area contributed by atoms with Crippen molar-refractivity contribution in [1.82, 2.24) is 10.3 Å². The predicted molar refractivity (Wildman–Crippen MR) is 113 cm³/mol. The number of carbonyl (C=O) groups excluding carboxylic acids is 2. The van der Waals surface area contributed by atoms with Gasteiger partial charge in [0.2, 0.25) is 5.91 Å². The normalized spacial score (nSPS) is 18.8. The molecule has 6 heteroatoms. The van der Waals surface area contributed by atoms with Crippen LogP contribution in [-0.4, -0.2) is 36.6 Å². The number of nitrogens with one attached hydrogen (secondary N) is 2. The molecule has 0 spiro atoms. The number of ether oxygens (including phenoxy) is 2. The molecule has 3 rings (SSSR count). The number of hydrogen-bond acceptors (Lipinski definition) is 4. The Morgan fingerprint density at radius 3 is 2.62 bits per heavy atom. The van der Waals surface area contributed by atoms with Gasteiger partial charge in [-0.2, -0.15) is 0 Å². The summed E-state index contributed by atoms with van der Waals surface area (Å²) >= 11 is 0. The van der Waals surface area contributed by atoms with Crippen LogP contribution in [-0.2, 0) is 20.7 Å². The van der Waals surface area contributed by atoms with Crippen molar-refractivity contribution in [3.8, 4) is 5.75 Å². The summed E-state index contributed by atoms with van der Waals surface area (Å²) in [6.07, 6.45) is 5.56. The van der Waals surface area contributed by atoms with Crippen LogP contribution in [0.1, 0.15) is 37.9 Å². The van der Waals surface area contributed by atoms with Crippen molar-refractivity contribution in [2.24, 2.45) is 11.8 Å². The van der Waals surface area contributed by atoms with Crippen molar-refractivity contribution in [2.75, 3.05) is 13.7 Å². The molecule has 0 saturated heterocycles. The molecule has 1 heterocycles. The number of amides is 1. The third-order valence-electron chi connectivity index (χ3n) is 5.42. The molecule has 0 aliphatic heterocycles. The van der Waals surface area contributed by atoms with Crippen molar-refractivity contribution in [3.63, 3.8) is 0 Å². The summed E-state index contributed by atoms with van der Waals surface area (Å²) in [6, 6.07) is 5.94.